The number of nitrogens with zero attached hydrogens (tertiary/aromatic N) is 1. The number of halogens is 1. The average Bonchev–Trinajstić information content (AvgIpc) is 2.81. The number of imide groups is 1. The van der Waals surface area contributed by atoms with Crippen molar-refractivity contribution in [3.05, 3.63) is 69.9 Å². The molecule has 26 heavy (non-hydrogen) atoms. The Bertz CT molecular complexity index is 964. The highest BCUT2D eigenvalue weighted by molar-refractivity contribution is 6.53. The van der Waals surface area contributed by atoms with Gasteiger partial charge in [-0.25, -0.2) is 4.90 Å². The molecule has 2 aromatic rings. The largest absolute Gasteiger partial charge is 0.545 e. The number of anilines is 2. The first-order chi connectivity index (χ1) is 12.3. The fourth-order valence-corrected chi connectivity index (χ4v) is 2.84. The summed E-state index contributed by atoms with van der Waals surface area (Å²) in [6.45, 7) is 3.66. The average molecular weight is 370 g/mol. The van der Waals surface area contributed by atoms with Crippen LogP contribution >= 0.6 is 11.6 Å². The molecule has 0 saturated heterocycles. The van der Waals surface area contributed by atoms with E-state index in [1.54, 1.807) is 13.0 Å². The van der Waals surface area contributed by atoms with Crippen LogP contribution in [0.4, 0.5) is 11.4 Å². The van der Waals surface area contributed by atoms with Gasteiger partial charge in [0.15, 0.2) is 0 Å². The second-order valence-electron chi connectivity index (χ2n) is 5.91. The minimum absolute atomic E-state index is 0.00136. The van der Waals surface area contributed by atoms with Crippen molar-refractivity contribution in [3.8, 4) is 0 Å². The minimum atomic E-state index is -1.30. The molecule has 0 atom stereocenters. The summed E-state index contributed by atoms with van der Waals surface area (Å²) in [5.41, 5.74) is 2.51. The van der Waals surface area contributed by atoms with E-state index in [0.29, 0.717) is 11.4 Å². The van der Waals surface area contributed by atoms with Gasteiger partial charge < -0.3 is 15.2 Å². The quantitative estimate of drug-likeness (QED) is 0.833. The number of nitrogens with one attached hydrogen (secondary N) is 1. The van der Waals surface area contributed by atoms with E-state index in [0.717, 1.165) is 16.0 Å². The molecule has 0 fully saturated rings. The third-order valence-corrected chi connectivity index (χ3v) is 4.37. The number of amides is 2. The Balaban J connectivity index is 1.91. The fraction of sp³-hybridized carbons (Fsp3) is 0.105. The lowest BCUT2D eigenvalue weighted by Crippen LogP contribution is -2.33. The predicted octanol–water partition coefficient (Wildman–Crippen LogP) is 2.10. The summed E-state index contributed by atoms with van der Waals surface area (Å²) >= 11 is 6.09. The van der Waals surface area contributed by atoms with Crippen molar-refractivity contribution in [3.63, 3.8) is 0 Å². The molecule has 1 N–H and O–H groups in total. The van der Waals surface area contributed by atoms with Crippen LogP contribution in [0.2, 0.25) is 0 Å². The maximum Gasteiger partial charge on any atom is 0.283 e. The Morgan fingerprint density at radius 1 is 1.04 bits per heavy atom. The van der Waals surface area contributed by atoms with E-state index in [2.05, 4.69) is 5.32 Å². The van der Waals surface area contributed by atoms with Gasteiger partial charge in [-0.3, -0.25) is 9.59 Å². The lowest BCUT2D eigenvalue weighted by molar-refractivity contribution is -0.255. The highest BCUT2D eigenvalue weighted by Gasteiger charge is 2.39. The molecule has 132 valence electrons. The smallest absolute Gasteiger partial charge is 0.283 e. The second-order valence-corrected chi connectivity index (χ2v) is 6.29. The van der Waals surface area contributed by atoms with Gasteiger partial charge in [-0.1, -0.05) is 35.9 Å². The molecule has 1 heterocycles. The van der Waals surface area contributed by atoms with E-state index in [1.165, 1.54) is 24.3 Å². The third kappa shape index (κ3) is 3.07. The SMILES string of the molecule is Cc1ccc(C)c(N2C(=O)C(Cl)=C(Nc3ccc(C(=O)[O-])cc3)C2=O)c1. The number of carbonyl (C=O) groups is 3. The van der Waals surface area contributed by atoms with Gasteiger partial charge in [-0.05, 0) is 48.7 Å². The number of hydrogen-bond acceptors (Lipinski definition) is 5. The van der Waals surface area contributed by atoms with Crippen LogP contribution in [0.25, 0.3) is 0 Å². The first kappa shape index (κ1) is 17.7. The highest BCUT2D eigenvalue weighted by Crippen LogP contribution is 2.32. The molecule has 1 aliphatic heterocycles. The van der Waals surface area contributed by atoms with Crippen LogP contribution in [-0.4, -0.2) is 17.8 Å². The Hall–Kier alpha value is -3.12. The van der Waals surface area contributed by atoms with Crippen molar-refractivity contribution in [2.24, 2.45) is 0 Å². The molecule has 6 nitrogen and oxygen atoms in total. The van der Waals surface area contributed by atoms with E-state index >= 15 is 0 Å². The van der Waals surface area contributed by atoms with Crippen LogP contribution in [0.15, 0.2) is 53.2 Å². The molecule has 0 bridgehead atoms. The number of carbonyl (C=O) groups excluding carboxylic acids is 3. The number of hydrogen-bond donors (Lipinski definition) is 1. The molecule has 0 aromatic heterocycles. The minimum Gasteiger partial charge on any atom is -0.545 e. The number of benzene rings is 2. The van der Waals surface area contributed by atoms with Crippen molar-refractivity contribution in [2.75, 3.05) is 10.2 Å². The van der Waals surface area contributed by atoms with Crippen molar-refractivity contribution in [2.45, 2.75) is 13.8 Å². The van der Waals surface area contributed by atoms with E-state index in [4.69, 9.17) is 11.6 Å². The van der Waals surface area contributed by atoms with Crippen molar-refractivity contribution in [1.82, 2.24) is 0 Å². The molecule has 0 unspecified atom stereocenters. The highest BCUT2D eigenvalue weighted by atomic mass is 35.5. The van der Waals surface area contributed by atoms with E-state index in [9.17, 15) is 19.5 Å². The number of carboxylic acid groups (broad SMARTS) is 1. The third-order valence-electron chi connectivity index (χ3n) is 4.02. The van der Waals surface area contributed by atoms with E-state index < -0.39 is 17.8 Å². The van der Waals surface area contributed by atoms with Gasteiger partial charge in [0, 0.05) is 5.69 Å². The van der Waals surface area contributed by atoms with Crippen LogP contribution < -0.4 is 15.3 Å². The maximum absolute atomic E-state index is 12.8. The standard InChI is InChI=1S/C19H15ClN2O4/c1-10-3-4-11(2)14(9-10)22-17(23)15(20)16(18(22)24)21-13-7-5-12(6-8-13)19(25)26/h3-9,21H,1-2H3,(H,25,26)/p-1. The van der Waals surface area contributed by atoms with Crippen LogP contribution in [0.5, 0.6) is 0 Å². The summed E-state index contributed by atoms with van der Waals surface area (Å²) in [7, 11) is 0. The van der Waals surface area contributed by atoms with E-state index in [1.807, 2.05) is 19.1 Å². The summed E-state index contributed by atoms with van der Waals surface area (Å²) in [6, 6.07) is 11.0. The number of rotatable bonds is 4. The Morgan fingerprint density at radius 3 is 2.31 bits per heavy atom. The predicted molar refractivity (Wildman–Crippen MR) is 95.7 cm³/mol. The molecule has 2 amide bonds. The van der Waals surface area contributed by atoms with Crippen LogP contribution in [0, 0.1) is 13.8 Å². The van der Waals surface area contributed by atoms with E-state index in [-0.39, 0.29) is 16.3 Å². The van der Waals surface area contributed by atoms with Gasteiger partial charge in [-0.15, -0.1) is 0 Å². The number of aromatic carboxylic acids is 1. The Labute approximate surface area is 154 Å². The zero-order chi connectivity index (χ0) is 19.0. The molecule has 0 aliphatic carbocycles. The molecule has 0 radical (unpaired) electrons. The van der Waals surface area contributed by atoms with Gasteiger partial charge in [0.25, 0.3) is 11.8 Å². The Morgan fingerprint density at radius 2 is 1.69 bits per heavy atom. The topological polar surface area (TPSA) is 89.5 Å². The van der Waals surface area contributed by atoms with Gasteiger partial charge in [-0.2, -0.15) is 0 Å². The Kier molecular flexibility index (Phi) is 4.52. The summed E-state index contributed by atoms with van der Waals surface area (Å²) in [5.74, 6) is -2.49. The maximum atomic E-state index is 12.8. The number of carboxylic acids is 1. The summed E-state index contributed by atoms with van der Waals surface area (Å²) in [5, 5.41) is 13.4. The molecule has 2 aromatic carbocycles. The lowest BCUT2D eigenvalue weighted by atomic mass is 10.1. The monoisotopic (exact) mass is 369 g/mol. The van der Waals surface area contributed by atoms with Crippen molar-refractivity contribution >= 4 is 40.8 Å². The zero-order valence-corrected chi connectivity index (χ0v) is 14.8. The first-order valence-corrected chi connectivity index (χ1v) is 8.11. The molecule has 0 spiro atoms. The molecule has 1 aliphatic rings. The van der Waals surface area contributed by atoms with Crippen molar-refractivity contribution in [1.29, 1.82) is 0 Å². The molecule has 0 saturated carbocycles. The molecule has 3 rings (SSSR count). The van der Waals surface area contributed by atoms with Gasteiger partial charge in [0.2, 0.25) is 0 Å². The fourth-order valence-electron chi connectivity index (χ4n) is 2.62. The second kappa shape index (κ2) is 6.65. The van der Waals surface area contributed by atoms with Crippen LogP contribution in [0.1, 0.15) is 21.5 Å². The first-order valence-electron chi connectivity index (χ1n) is 7.74. The van der Waals surface area contributed by atoms with Crippen LogP contribution in [-0.2, 0) is 9.59 Å². The lowest BCUT2D eigenvalue weighted by Gasteiger charge is -2.18. The van der Waals surface area contributed by atoms with Gasteiger partial charge in [0.05, 0.1) is 11.7 Å². The van der Waals surface area contributed by atoms with Crippen molar-refractivity contribution < 1.29 is 19.5 Å². The van der Waals surface area contributed by atoms with Gasteiger partial charge >= 0.3 is 0 Å². The summed E-state index contributed by atoms with van der Waals surface area (Å²) in [4.78, 5) is 37.1. The molecular weight excluding hydrogens is 356 g/mol. The zero-order valence-electron chi connectivity index (χ0n) is 14.0. The number of aryl methyl sites for hydroxylation is 2. The normalized spacial score (nSPS) is 14.2. The van der Waals surface area contributed by atoms with Gasteiger partial charge in [0.1, 0.15) is 10.7 Å². The van der Waals surface area contributed by atoms with Crippen LogP contribution in [0.3, 0.4) is 0 Å². The molecule has 7 heteroatoms. The molecular formula is C19H14ClN2O4-. The summed E-state index contributed by atoms with van der Waals surface area (Å²) < 4.78 is 0. The summed E-state index contributed by atoms with van der Waals surface area (Å²) in [6.07, 6.45) is 0.